The lowest BCUT2D eigenvalue weighted by atomic mass is 10.0. The maximum atomic E-state index is 12.6. The molecular weight excluding hydrogens is 392 g/mol. The largest absolute Gasteiger partial charge is 0.312 e. The Kier molecular flexibility index (Phi) is 4.64. The lowest BCUT2D eigenvalue weighted by Crippen LogP contribution is -2.33. The van der Waals surface area contributed by atoms with Crippen LogP contribution in [0.1, 0.15) is 18.9 Å². The van der Waals surface area contributed by atoms with Gasteiger partial charge in [-0.05, 0) is 64.7 Å². The number of sulfonamides is 1. The number of fused-ring (bicyclic) bond motifs is 1. The number of nitrogens with zero attached hydrogens (tertiary/aromatic N) is 1. The van der Waals surface area contributed by atoms with Gasteiger partial charge in [0.05, 0.1) is 10.6 Å². The van der Waals surface area contributed by atoms with Gasteiger partial charge in [0.25, 0.3) is 10.0 Å². The van der Waals surface area contributed by atoms with Gasteiger partial charge in [0.1, 0.15) is 0 Å². The topological polar surface area (TPSA) is 66.5 Å². The van der Waals surface area contributed by atoms with Crippen LogP contribution in [0.25, 0.3) is 0 Å². The summed E-state index contributed by atoms with van der Waals surface area (Å²) < 4.78 is 28.5. The molecular formula is C17H17BrN2O3S. The minimum atomic E-state index is -3.69. The van der Waals surface area contributed by atoms with E-state index in [1.165, 1.54) is 6.92 Å². The Bertz CT molecular complexity index is 896. The molecule has 0 fully saturated rings. The molecule has 0 aromatic heterocycles. The summed E-state index contributed by atoms with van der Waals surface area (Å²) in [4.78, 5) is 13.6. The van der Waals surface area contributed by atoms with Crippen LogP contribution in [-0.2, 0) is 21.2 Å². The molecule has 0 unspecified atom stereocenters. The lowest BCUT2D eigenvalue weighted by Gasteiger charge is -2.28. The fourth-order valence-electron chi connectivity index (χ4n) is 2.82. The van der Waals surface area contributed by atoms with Gasteiger partial charge in [-0.15, -0.1) is 0 Å². The Hall–Kier alpha value is -1.86. The Morgan fingerprint density at radius 2 is 1.96 bits per heavy atom. The van der Waals surface area contributed by atoms with Crippen molar-refractivity contribution in [1.29, 1.82) is 0 Å². The van der Waals surface area contributed by atoms with Crippen molar-refractivity contribution in [2.75, 3.05) is 16.2 Å². The van der Waals surface area contributed by atoms with Gasteiger partial charge in [0.2, 0.25) is 5.91 Å². The van der Waals surface area contributed by atoms with Crippen molar-refractivity contribution < 1.29 is 13.2 Å². The van der Waals surface area contributed by atoms with Crippen molar-refractivity contribution in [1.82, 2.24) is 0 Å². The van der Waals surface area contributed by atoms with Crippen molar-refractivity contribution in [2.24, 2.45) is 0 Å². The highest BCUT2D eigenvalue weighted by Gasteiger charge is 2.23. The van der Waals surface area contributed by atoms with Gasteiger partial charge in [-0.25, -0.2) is 8.42 Å². The number of hydrogen-bond donors (Lipinski definition) is 1. The Morgan fingerprint density at radius 3 is 2.67 bits per heavy atom. The minimum absolute atomic E-state index is 0.0297. The van der Waals surface area contributed by atoms with Crippen molar-refractivity contribution in [3.8, 4) is 0 Å². The summed E-state index contributed by atoms with van der Waals surface area (Å²) in [6, 6.07) is 12.0. The molecule has 1 N–H and O–H groups in total. The number of halogens is 1. The number of benzene rings is 2. The Morgan fingerprint density at radius 1 is 1.21 bits per heavy atom. The second-order valence-corrected chi connectivity index (χ2v) is 8.19. The summed E-state index contributed by atoms with van der Waals surface area (Å²) in [5.41, 5.74) is 2.17. The Balaban J connectivity index is 1.95. The molecule has 2 aromatic rings. The van der Waals surface area contributed by atoms with Gasteiger partial charge < -0.3 is 4.90 Å². The van der Waals surface area contributed by atoms with Crippen LogP contribution >= 0.6 is 15.9 Å². The number of anilines is 2. The van der Waals surface area contributed by atoms with E-state index in [-0.39, 0.29) is 10.8 Å². The Labute approximate surface area is 149 Å². The van der Waals surface area contributed by atoms with Crippen LogP contribution in [-0.4, -0.2) is 20.9 Å². The zero-order valence-corrected chi connectivity index (χ0v) is 15.5. The number of amides is 1. The number of para-hydroxylation sites is 1. The number of carbonyl (C=O) groups excluding carboxylic acids is 1. The molecule has 0 radical (unpaired) electrons. The first-order valence-electron chi connectivity index (χ1n) is 7.57. The normalized spacial score (nSPS) is 14.2. The maximum Gasteiger partial charge on any atom is 0.261 e. The molecule has 2 aromatic carbocycles. The van der Waals surface area contributed by atoms with E-state index in [4.69, 9.17) is 0 Å². The van der Waals surface area contributed by atoms with Gasteiger partial charge in [0.15, 0.2) is 0 Å². The number of nitrogens with one attached hydrogen (secondary N) is 1. The van der Waals surface area contributed by atoms with Crippen LogP contribution in [0.15, 0.2) is 51.8 Å². The highest BCUT2D eigenvalue weighted by molar-refractivity contribution is 9.10. The van der Waals surface area contributed by atoms with Crippen LogP contribution in [0, 0.1) is 0 Å². The van der Waals surface area contributed by atoms with E-state index >= 15 is 0 Å². The highest BCUT2D eigenvalue weighted by Crippen LogP contribution is 2.31. The fourth-order valence-corrected chi connectivity index (χ4v) is 4.46. The van der Waals surface area contributed by atoms with Gasteiger partial charge in [-0.2, -0.15) is 0 Å². The first kappa shape index (κ1) is 17.0. The number of rotatable bonds is 3. The van der Waals surface area contributed by atoms with E-state index < -0.39 is 10.0 Å². The van der Waals surface area contributed by atoms with Crippen molar-refractivity contribution in [3.63, 3.8) is 0 Å². The number of carbonyl (C=O) groups is 1. The van der Waals surface area contributed by atoms with Crippen molar-refractivity contribution in [3.05, 3.63) is 52.5 Å². The van der Waals surface area contributed by atoms with Crippen LogP contribution in [0.2, 0.25) is 0 Å². The van der Waals surface area contributed by atoms with Crippen LogP contribution < -0.4 is 9.62 Å². The first-order chi connectivity index (χ1) is 11.4. The molecule has 24 heavy (non-hydrogen) atoms. The third-order valence-corrected chi connectivity index (χ3v) is 6.03. The lowest BCUT2D eigenvalue weighted by molar-refractivity contribution is -0.116. The van der Waals surface area contributed by atoms with E-state index in [2.05, 4.69) is 20.7 Å². The predicted molar refractivity (Wildman–Crippen MR) is 97.7 cm³/mol. The fraction of sp³-hybridized carbons (Fsp3) is 0.235. The first-order valence-corrected chi connectivity index (χ1v) is 9.84. The maximum absolute atomic E-state index is 12.6. The zero-order chi connectivity index (χ0) is 17.3. The SMILES string of the molecule is CC(=O)N1CCCc2cc(S(=O)(=O)Nc3ccccc3Br)ccc21. The molecule has 0 saturated carbocycles. The predicted octanol–water partition coefficient (Wildman–Crippen LogP) is 3.55. The van der Waals surface area contributed by atoms with Crippen LogP contribution in [0.4, 0.5) is 11.4 Å². The molecule has 3 rings (SSSR count). The molecule has 0 saturated heterocycles. The van der Waals surface area contributed by atoms with Crippen molar-refractivity contribution >= 4 is 43.2 Å². The molecule has 0 spiro atoms. The summed E-state index contributed by atoms with van der Waals surface area (Å²) in [7, 11) is -3.69. The average Bonchev–Trinajstić information content (AvgIpc) is 2.55. The monoisotopic (exact) mass is 408 g/mol. The van der Waals surface area contributed by atoms with Gasteiger partial charge in [0, 0.05) is 23.6 Å². The van der Waals surface area contributed by atoms with Gasteiger partial charge in [-0.1, -0.05) is 12.1 Å². The molecule has 1 aliphatic rings. The summed E-state index contributed by atoms with van der Waals surface area (Å²) >= 11 is 3.33. The van der Waals surface area contributed by atoms with Gasteiger partial charge in [-0.3, -0.25) is 9.52 Å². The third kappa shape index (κ3) is 3.32. The smallest absolute Gasteiger partial charge is 0.261 e. The zero-order valence-electron chi connectivity index (χ0n) is 13.1. The molecule has 1 heterocycles. The molecule has 1 amide bonds. The third-order valence-electron chi connectivity index (χ3n) is 3.98. The standard InChI is InChI=1S/C17H17BrN2O3S/c1-12(21)20-10-4-5-13-11-14(8-9-17(13)20)24(22,23)19-16-7-3-2-6-15(16)18/h2-3,6-9,11,19H,4-5,10H2,1H3. The van der Waals surface area contributed by atoms with Crippen LogP contribution in [0.3, 0.4) is 0 Å². The van der Waals surface area contributed by atoms with E-state index in [1.807, 2.05) is 6.07 Å². The van der Waals surface area contributed by atoms with Crippen LogP contribution in [0.5, 0.6) is 0 Å². The molecule has 1 aliphatic heterocycles. The minimum Gasteiger partial charge on any atom is -0.312 e. The molecule has 7 heteroatoms. The summed E-state index contributed by atoms with van der Waals surface area (Å²) in [5.74, 6) is -0.0297. The summed E-state index contributed by atoms with van der Waals surface area (Å²) in [5, 5.41) is 0. The second kappa shape index (κ2) is 6.57. The van der Waals surface area contributed by atoms with Crippen molar-refractivity contribution in [2.45, 2.75) is 24.7 Å². The molecule has 0 atom stereocenters. The molecule has 0 bridgehead atoms. The molecule has 5 nitrogen and oxygen atoms in total. The molecule has 126 valence electrons. The second-order valence-electron chi connectivity index (χ2n) is 5.65. The van der Waals surface area contributed by atoms with E-state index in [0.717, 1.165) is 24.1 Å². The van der Waals surface area contributed by atoms with E-state index in [0.29, 0.717) is 16.7 Å². The highest BCUT2D eigenvalue weighted by atomic mass is 79.9. The van der Waals surface area contributed by atoms with E-state index in [1.54, 1.807) is 41.3 Å². The molecule has 0 aliphatic carbocycles. The van der Waals surface area contributed by atoms with Gasteiger partial charge >= 0.3 is 0 Å². The van der Waals surface area contributed by atoms with E-state index in [9.17, 15) is 13.2 Å². The average molecular weight is 409 g/mol. The summed E-state index contributed by atoms with van der Waals surface area (Å²) in [6.07, 6.45) is 1.59. The summed E-state index contributed by atoms with van der Waals surface area (Å²) in [6.45, 7) is 2.19. The number of aryl methyl sites for hydroxylation is 1. The quantitative estimate of drug-likeness (QED) is 0.843. The number of hydrogen-bond acceptors (Lipinski definition) is 3.